The van der Waals surface area contributed by atoms with Crippen molar-refractivity contribution in [1.82, 2.24) is 15.3 Å². The summed E-state index contributed by atoms with van der Waals surface area (Å²) < 4.78 is 5.23. The van der Waals surface area contributed by atoms with E-state index in [0.29, 0.717) is 12.0 Å². The summed E-state index contributed by atoms with van der Waals surface area (Å²) >= 11 is 0. The number of alkyl carbamates (subject to hydrolysis) is 1. The average molecular weight is 463 g/mol. The normalized spacial score (nSPS) is 15.5. The molecule has 0 unspecified atom stereocenters. The lowest BCUT2D eigenvalue weighted by atomic mass is 10.1. The molecule has 1 saturated carbocycles. The van der Waals surface area contributed by atoms with Crippen LogP contribution in [-0.2, 0) is 16.1 Å². The van der Waals surface area contributed by atoms with Crippen molar-refractivity contribution < 1.29 is 14.3 Å². The van der Waals surface area contributed by atoms with Gasteiger partial charge in [0.2, 0.25) is 5.95 Å². The number of para-hydroxylation sites is 1. The molecule has 3 aromatic rings. The Kier molecular flexibility index (Phi) is 7.22. The van der Waals surface area contributed by atoms with E-state index in [-0.39, 0.29) is 13.2 Å². The Hall–Kier alpha value is -3.72. The molecule has 1 aromatic heterocycles. The first-order valence-electron chi connectivity index (χ1n) is 11.5. The molecule has 1 amide bonds. The largest absolute Gasteiger partial charge is 0.445 e. The van der Waals surface area contributed by atoms with Gasteiger partial charge in [-0.15, -0.1) is 0 Å². The smallest absolute Gasteiger partial charge is 0.409 e. The van der Waals surface area contributed by atoms with Crippen LogP contribution in [-0.4, -0.2) is 40.1 Å². The van der Waals surface area contributed by atoms with Crippen LogP contribution >= 0.6 is 0 Å². The number of amides is 1. The Labute approximate surface area is 198 Å². The lowest BCUT2D eigenvalue weighted by molar-refractivity contribution is -0.122. The van der Waals surface area contributed by atoms with Crippen LogP contribution in [0.5, 0.6) is 0 Å². The highest BCUT2D eigenvalue weighted by Crippen LogP contribution is 2.27. The summed E-state index contributed by atoms with van der Waals surface area (Å²) in [6.45, 7) is 1.27. The molecular formula is C25H30N6O3. The number of anilines is 2. The molecule has 34 heavy (non-hydrogen) atoms. The Morgan fingerprint density at radius 3 is 2.50 bits per heavy atom. The number of nitrogens with zero attached hydrogens (tertiary/aromatic N) is 2. The van der Waals surface area contributed by atoms with E-state index in [1.165, 1.54) is 19.8 Å². The van der Waals surface area contributed by atoms with Crippen molar-refractivity contribution in [1.29, 1.82) is 0 Å². The van der Waals surface area contributed by atoms with Crippen LogP contribution in [0.3, 0.4) is 0 Å². The van der Waals surface area contributed by atoms with Crippen molar-refractivity contribution in [2.45, 2.75) is 50.9 Å². The predicted molar refractivity (Wildman–Crippen MR) is 131 cm³/mol. The maximum Gasteiger partial charge on any atom is 0.409 e. The summed E-state index contributed by atoms with van der Waals surface area (Å²) in [5, 5.41) is 9.96. The third-order valence-corrected chi connectivity index (χ3v) is 5.99. The molecule has 4 rings (SSSR count). The van der Waals surface area contributed by atoms with Crippen molar-refractivity contribution in [2.24, 2.45) is 5.73 Å². The fourth-order valence-electron chi connectivity index (χ4n) is 3.95. The molecule has 1 aliphatic carbocycles. The molecule has 0 saturated heterocycles. The van der Waals surface area contributed by atoms with Crippen molar-refractivity contribution in [3.8, 4) is 0 Å². The highest BCUT2D eigenvalue weighted by atomic mass is 16.5. The molecule has 1 aliphatic rings. The van der Waals surface area contributed by atoms with Crippen LogP contribution in [0.25, 0.3) is 10.9 Å². The highest BCUT2D eigenvalue weighted by molar-refractivity contribution is 5.91. The lowest BCUT2D eigenvalue weighted by Gasteiger charge is -2.27. The number of nitrogens with two attached hydrogens (primary N) is 1. The summed E-state index contributed by atoms with van der Waals surface area (Å²) in [6, 6.07) is 17.4. The van der Waals surface area contributed by atoms with Gasteiger partial charge in [-0.3, -0.25) is 10.1 Å². The molecule has 178 valence electrons. The van der Waals surface area contributed by atoms with Gasteiger partial charge in [0.15, 0.2) is 11.4 Å². The zero-order valence-corrected chi connectivity index (χ0v) is 19.2. The maximum absolute atomic E-state index is 12.3. The van der Waals surface area contributed by atoms with Gasteiger partial charge in [0.25, 0.3) is 0 Å². The number of carbonyl (C=O) groups excluding carboxylic acids is 2. The first-order chi connectivity index (χ1) is 16.4. The summed E-state index contributed by atoms with van der Waals surface area (Å²) in [6.07, 6.45) is 3.82. The Morgan fingerprint density at radius 2 is 1.76 bits per heavy atom. The average Bonchev–Trinajstić information content (AvgIpc) is 3.35. The summed E-state index contributed by atoms with van der Waals surface area (Å²) in [5.41, 5.74) is 6.15. The van der Waals surface area contributed by atoms with Gasteiger partial charge in [0, 0.05) is 11.4 Å². The molecule has 9 heteroatoms. The van der Waals surface area contributed by atoms with Gasteiger partial charge in [-0.1, -0.05) is 55.3 Å². The Bertz CT molecular complexity index is 1150. The molecule has 0 bridgehead atoms. The minimum Gasteiger partial charge on any atom is -0.445 e. The zero-order valence-electron chi connectivity index (χ0n) is 19.2. The number of nitrogens with one attached hydrogen (secondary N) is 3. The van der Waals surface area contributed by atoms with Crippen molar-refractivity contribution >= 4 is 34.5 Å². The van der Waals surface area contributed by atoms with Crippen LogP contribution in [0.1, 0.15) is 38.2 Å². The maximum atomic E-state index is 12.3. The SMILES string of the molecule is CC(=O)[C@](N)(CNc1nc(NC2CCCC2)c2ccccc2n1)NC(=O)OCc1ccccc1. The van der Waals surface area contributed by atoms with Gasteiger partial charge in [-0.25, -0.2) is 9.78 Å². The number of aromatic nitrogens is 2. The molecule has 1 fully saturated rings. The van der Waals surface area contributed by atoms with Gasteiger partial charge in [-0.05, 0) is 37.5 Å². The highest BCUT2D eigenvalue weighted by Gasteiger charge is 2.33. The lowest BCUT2D eigenvalue weighted by Crippen LogP contribution is -2.64. The Morgan fingerprint density at radius 1 is 1.06 bits per heavy atom. The number of fused-ring (bicyclic) bond motifs is 1. The Balaban J connectivity index is 1.45. The first-order valence-corrected chi connectivity index (χ1v) is 11.5. The molecule has 1 heterocycles. The molecule has 1 atom stereocenters. The molecule has 0 radical (unpaired) electrons. The van der Waals surface area contributed by atoms with Crippen LogP contribution in [0.15, 0.2) is 54.6 Å². The first kappa shape index (κ1) is 23.4. The number of benzene rings is 2. The number of ketones is 1. The van der Waals surface area contributed by atoms with E-state index >= 15 is 0 Å². The second-order valence-electron chi connectivity index (χ2n) is 8.61. The molecular weight excluding hydrogens is 432 g/mol. The zero-order chi connectivity index (χ0) is 24.0. The van der Waals surface area contributed by atoms with E-state index in [4.69, 9.17) is 10.5 Å². The van der Waals surface area contributed by atoms with E-state index < -0.39 is 17.5 Å². The predicted octanol–water partition coefficient (Wildman–Crippen LogP) is 3.57. The van der Waals surface area contributed by atoms with E-state index in [1.807, 2.05) is 54.6 Å². The molecule has 2 aromatic carbocycles. The van der Waals surface area contributed by atoms with Crippen LogP contribution < -0.4 is 21.7 Å². The minimum atomic E-state index is -1.69. The summed E-state index contributed by atoms with van der Waals surface area (Å²) in [7, 11) is 0. The second kappa shape index (κ2) is 10.5. The van der Waals surface area contributed by atoms with E-state index in [1.54, 1.807) is 0 Å². The monoisotopic (exact) mass is 462 g/mol. The topological polar surface area (TPSA) is 131 Å². The van der Waals surface area contributed by atoms with Crippen LogP contribution in [0, 0.1) is 0 Å². The van der Waals surface area contributed by atoms with Gasteiger partial charge in [0.1, 0.15) is 12.4 Å². The van der Waals surface area contributed by atoms with Crippen molar-refractivity contribution in [2.75, 3.05) is 17.2 Å². The minimum absolute atomic E-state index is 0.0675. The van der Waals surface area contributed by atoms with E-state index in [0.717, 1.165) is 35.1 Å². The second-order valence-corrected chi connectivity index (χ2v) is 8.61. The number of rotatable bonds is 9. The van der Waals surface area contributed by atoms with Gasteiger partial charge in [-0.2, -0.15) is 4.98 Å². The number of carbonyl (C=O) groups is 2. The fourth-order valence-corrected chi connectivity index (χ4v) is 3.95. The van der Waals surface area contributed by atoms with Crippen LogP contribution in [0.2, 0.25) is 0 Å². The van der Waals surface area contributed by atoms with Gasteiger partial charge < -0.3 is 21.1 Å². The van der Waals surface area contributed by atoms with E-state index in [2.05, 4.69) is 25.9 Å². The summed E-state index contributed by atoms with van der Waals surface area (Å²) in [5.74, 6) is 0.622. The van der Waals surface area contributed by atoms with Crippen molar-refractivity contribution in [3.63, 3.8) is 0 Å². The molecule has 0 aliphatic heterocycles. The van der Waals surface area contributed by atoms with E-state index in [9.17, 15) is 9.59 Å². The fraction of sp³-hybridized carbons (Fsp3) is 0.360. The third kappa shape index (κ3) is 5.79. The summed E-state index contributed by atoms with van der Waals surface area (Å²) in [4.78, 5) is 33.8. The molecule has 5 N–H and O–H groups in total. The number of hydrogen-bond donors (Lipinski definition) is 4. The number of Topliss-reactive ketones (excluding diaryl/α,β-unsaturated/α-hetero) is 1. The van der Waals surface area contributed by atoms with Gasteiger partial charge in [0.05, 0.1) is 12.1 Å². The van der Waals surface area contributed by atoms with Crippen LogP contribution in [0.4, 0.5) is 16.6 Å². The quantitative estimate of drug-likeness (QED) is 0.355. The standard InChI is InChI=1S/C25H30N6O3/c1-17(32)25(26,31-24(33)34-15-18-9-3-2-4-10-18)16-27-23-29-21-14-8-7-13-20(21)22(30-23)28-19-11-5-6-12-19/h2-4,7-10,13-14,19H,5-6,11-12,15-16,26H2,1H3,(H,31,33)(H2,27,28,29,30)/t25-/m0/s1. The third-order valence-electron chi connectivity index (χ3n) is 5.99. The number of ether oxygens (including phenoxy) is 1. The molecule has 0 spiro atoms. The number of hydrogen-bond acceptors (Lipinski definition) is 8. The van der Waals surface area contributed by atoms with Gasteiger partial charge >= 0.3 is 6.09 Å². The van der Waals surface area contributed by atoms with Crippen molar-refractivity contribution in [3.05, 3.63) is 60.2 Å². The molecule has 9 nitrogen and oxygen atoms in total.